The van der Waals surface area contributed by atoms with Crippen molar-refractivity contribution in [2.75, 3.05) is 6.61 Å². The molecule has 0 bridgehead atoms. The first-order chi connectivity index (χ1) is 13.2. The maximum Gasteiger partial charge on any atom is 0.420 e. The molecule has 4 aromatic rings. The van der Waals surface area contributed by atoms with Gasteiger partial charge >= 0.3 is 5.76 Å². The molecule has 5 nitrogen and oxygen atoms in total. The van der Waals surface area contributed by atoms with Gasteiger partial charge in [0.15, 0.2) is 11.4 Å². The molecule has 0 aliphatic heterocycles. The van der Waals surface area contributed by atoms with Crippen molar-refractivity contribution in [2.24, 2.45) is 0 Å². The van der Waals surface area contributed by atoms with E-state index in [1.54, 1.807) is 42.5 Å². The van der Waals surface area contributed by atoms with E-state index < -0.39 is 5.76 Å². The minimum absolute atomic E-state index is 0.115. The summed E-state index contributed by atoms with van der Waals surface area (Å²) in [4.78, 5) is 24.7. The van der Waals surface area contributed by atoms with E-state index in [9.17, 15) is 9.59 Å². The zero-order valence-electron chi connectivity index (χ0n) is 14.4. The summed E-state index contributed by atoms with van der Waals surface area (Å²) in [7, 11) is 0. The van der Waals surface area contributed by atoms with E-state index >= 15 is 0 Å². The fraction of sp³-hybridized carbons (Fsp3) is 0.0909. The van der Waals surface area contributed by atoms with Gasteiger partial charge in [0.2, 0.25) is 0 Å². The predicted molar refractivity (Wildman–Crippen MR) is 101 cm³/mol. The van der Waals surface area contributed by atoms with Gasteiger partial charge in [-0.25, -0.2) is 4.79 Å². The van der Waals surface area contributed by atoms with Crippen molar-refractivity contribution in [1.82, 2.24) is 4.57 Å². The summed E-state index contributed by atoms with van der Waals surface area (Å²) in [6.07, 6.45) is 0. The molecular formula is C22H16NO4. The van der Waals surface area contributed by atoms with E-state index in [2.05, 4.69) is 6.07 Å². The minimum atomic E-state index is -0.477. The number of hydrogen-bond acceptors (Lipinski definition) is 4. The van der Waals surface area contributed by atoms with Crippen LogP contribution in [-0.4, -0.2) is 17.0 Å². The number of hydrogen-bond donors (Lipinski definition) is 0. The van der Waals surface area contributed by atoms with Crippen LogP contribution in [0.5, 0.6) is 5.75 Å². The number of fused-ring (bicyclic) bond motifs is 1. The Morgan fingerprint density at radius 2 is 1.81 bits per heavy atom. The number of carbonyl (C=O) groups excluding carboxylic acids is 1. The highest BCUT2D eigenvalue weighted by Crippen LogP contribution is 2.18. The summed E-state index contributed by atoms with van der Waals surface area (Å²) in [5.74, 6) is 0.0277. The van der Waals surface area contributed by atoms with Gasteiger partial charge in [-0.3, -0.25) is 9.36 Å². The second-order valence-corrected chi connectivity index (χ2v) is 5.97. The van der Waals surface area contributed by atoms with Gasteiger partial charge in [-0.1, -0.05) is 48.5 Å². The van der Waals surface area contributed by atoms with E-state index in [4.69, 9.17) is 9.15 Å². The Morgan fingerprint density at radius 1 is 1.00 bits per heavy atom. The van der Waals surface area contributed by atoms with Crippen LogP contribution < -0.4 is 10.5 Å². The number of ketones is 1. The molecule has 1 heterocycles. The van der Waals surface area contributed by atoms with Crippen LogP contribution in [0.4, 0.5) is 0 Å². The lowest BCUT2D eigenvalue weighted by molar-refractivity contribution is 0.103. The van der Waals surface area contributed by atoms with Gasteiger partial charge in [0, 0.05) is 17.2 Å². The molecule has 133 valence electrons. The van der Waals surface area contributed by atoms with Crippen molar-refractivity contribution in [3.05, 3.63) is 101 Å². The van der Waals surface area contributed by atoms with Crippen LogP contribution in [0.15, 0.2) is 82.0 Å². The molecule has 0 saturated carbocycles. The Hall–Kier alpha value is -3.60. The first-order valence-electron chi connectivity index (χ1n) is 8.55. The number of carbonyl (C=O) groups is 1. The molecule has 0 unspecified atom stereocenters. The Bertz CT molecular complexity index is 1130. The van der Waals surface area contributed by atoms with Gasteiger partial charge in [0.1, 0.15) is 12.4 Å². The summed E-state index contributed by atoms with van der Waals surface area (Å²) in [6.45, 7) is 0.639. The maximum absolute atomic E-state index is 12.6. The molecule has 27 heavy (non-hydrogen) atoms. The highest BCUT2D eigenvalue weighted by molar-refractivity contribution is 6.10. The zero-order chi connectivity index (χ0) is 18.6. The molecule has 3 aromatic carbocycles. The molecule has 0 aliphatic rings. The highest BCUT2D eigenvalue weighted by Gasteiger charge is 2.14. The third-order valence-electron chi connectivity index (χ3n) is 4.22. The van der Waals surface area contributed by atoms with Crippen LogP contribution in [0, 0.1) is 6.07 Å². The lowest BCUT2D eigenvalue weighted by Gasteiger charge is -2.06. The van der Waals surface area contributed by atoms with Crippen molar-refractivity contribution in [3.63, 3.8) is 0 Å². The molecule has 0 saturated heterocycles. The van der Waals surface area contributed by atoms with Crippen molar-refractivity contribution in [3.8, 4) is 5.75 Å². The molecular weight excluding hydrogens is 342 g/mol. The summed E-state index contributed by atoms with van der Waals surface area (Å²) < 4.78 is 12.4. The second kappa shape index (κ2) is 7.33. The fourth-order valence-electron chi connectivity index (χ4n) is 2.89. The monoisotopic (exact) mass is 358 g/mol. The topological polar surface area (TPSA) is 61.4 Å². The molecule has 1 aromatic heterocycles. The zero-order valence-corrected chi connectivity index (χ0v) is 14.4. The Morgan fingerprint density at radius 3 is 2.59 bits per heavy atom. The number of aromatic nitrogens is 1. The standard InChI is InChI=1S/C22H16NO4/c24-21(16-7-3-1-4-8-16)17-11-12-19-20(15-17)27-22(25)23(19)13-14-26-18-9-5-2-6-10-18/h1-9,11-12,15H,13-14H2. The molecule has 0 N–H and O–H groups in total. The van der Waals surface area contributed by atoms with Crippen molar-refractivity contribution < 1.29 is 13.9 Å². The summed E-state index contributed by atoms with van der Waals surface area (Å²) >= 11 is 0. The number of benzene rings is 3. The highest BCUT2D eigenvalue weighted by atomic mass is 16.5. The number of ether oxygens (including phenoxy) is 1. The number of para-hydroxylation sites is 1. The minimum Gasteiger partial charge on any atom is -0.491 e. The lowest BCUT2D eigenvalue weighted by atomic mass is 10.0. The van der Waals surface area contributed by atoms with Crippen molar-refractivity contribution >= 4 is 16.9 Å². The first-order valence-corrected chi connectivity index (χ1v) is 8.55. The Balaban J connectivity index is 1.56. The smallest absolute Gasteiger partial charge is 0.420 e. The SMILES string of the molecule is O=C(c1ccccc1)c1ccc2c(c1)oc(=O)n2CCOc1[c]cccc1. The number of rotatable bonds is 6. The Kier molecular flexibility index (Phi) is 4.58. The van der Waals surface area contributed by atoms with E-state index in [1.807, 2.05) is 30.3 Å². The van der Waals surface area contributed by atoms with E-state index in [1.165, 1.54) is 4.57 Å². The normalized spacial score (nSPS) is 10.8. The molecule has 0 aliphatic carbocycles. The van der Waals surface area contributed by atoms with Gasteiger partial charge < -0.3 is 9.15 Å². The second-order valence-electron chi connectivity index (χ2n) is 5.97. The quantitative estimate of drug-likeness (QED) is 0.493. The molecule has 0 amide bonds. The van der Waals surface area contributed by atoms with Crippen LogP contribution in [0.25, 0.3) is 11.1 Å². The molecule has 0 fully saturated rings. The molecule has 0 spiro atoms. The van der Waals surface area contributed by atoms with Crippen LogP contribution in [0.2, 0.25) is 0 Å². The molecule has 5 heteroatoms. The number of nitrogens with zero attached hydrogens (tertiary/aromatic N) is 1. The van der Waals surface area contributed by atoms with Crippen LogP contribution in [-0.2, 0) is 6.54 Å². The average molecular weight is 358 g/mol. The fourth-order valence-corrected chi connectivity index (χ4v) is 2.89. The average Bonchev–Trinajstić information content (AvgIpc) is 3.03. The van der Waals surface area contributed by atoms with Crippen LogP contribution in [0.3, 0.4) is 0 Å². The van der Waals surface area contributed by atoms with Crippen molar-refractivity contribution in [1.29, 1.82) is 0 Å². The van der Waals surface area contributed by atoms with E-state index in [0.29, 0.717) is 41.1 Å². The summed E-state index contributed by atoms with van der Waals surface area (Å²) in [6, 6.07) is 24.3. The molecule has 4 rings (SSSR count). The van der Waals surface area contributed by atoms with E-state index in [-0.39, 0.29) is 5.78 Å². The van der Waals surface area contributed by atoms with Gasteiger partial charge in [0.05, 0.1) is 12.1 Å². The third kappa shape index (κ3) is 3.53. The third-order valence-corrected chi connectivity index (χ3v) is 4.22. The summed E-state index contributed by atoms with van der Waals surface area (Å²) in [5, 5.41) is 0. The predicted octanol–water partition coefficient (Wildman–Crippen LogP) is 3.70. The molecule has 1 radical (unpaired) electrons. The summed E-state index contributed by atoms with van der Waals surface area (Å²) in [5.41, 5.74) is 2.08. The van der Waals surface area contributed by atoms with Gasteiger partial charge in [-0.05, 0) is 24.3 Å². The number of oxazole rings is 1. The van der Waals surface area contributed by atoms with Crippen LogP contribution in [0.1, 0.15) is 15.9 Å². The van der Waals surface area contributed by atoms with Crippen LogP contribution >= 0.6 is 0 Å². The molecule has 0 atom stereocenters. The largest absolute Gasteiger partial charge is 0.491 e. The van der Waals surface area contributed by atoms with Crippen molar-refractivity contribution in [2.45, 2.75) is 6.54 Å². The lowest BCUT2D eigenvalue weighted by Crippen LogP contribution is -2.18. The Labute approximate surface area is 155 Å². The first kappa shape index (κ1) is 16.8. The van der Waals surface area contributed by atoms with Gasteiger partial charge in [-0.15, -0.1) is 0 Å². The van der Waals surface area contributed by atoms with E-state index in [0.717, 1.165) is 0 Å². The van der Waals surface area contributed by atoms with Gasteiger partial charge in [-0.2, -0.15) is 0 Å². The van der Waals surface area contributed by atoms with Gasteiger partial charge in [0.25, 0.3) is 0 Å². The maximum atomic E-state index is 12.6.